The van der Waals surface area contributed by atoms with E-state index in [9.17, 15) is 4.79 Å². The molecule has 0 N–H and O–H groups in total. The summed E-state index contributed by atoms with van der Waals surface area (Å²) in [6.45, 7) is 4.85. The summed E-state index contributed by atoms with van der Waals surface area (Å²) in [6, 6.07) is 11.7. The number of hydrogen-bond acceptors (Lipinski definition) is 7. The van der Waals surface area contributed by atoms with E-state index in [0.717, 1.165) is 46.0 Å². The minimum absolute atomic E-state index is 0.376. The standard InChI is InChI=1S/C23H23N5O2S/c1-4-13-28-21(16-9-11-24-12-10-16)26-27-23(28)31-14-19-20(22(29)30-3)15(2)17-7-5-6-8-18(17)25-19/h5-12H,4,13-14H2,1-3H3. The molecule has 158 valence electrons. The summed E-state index contributed by atoms with van der Waals surface area (Å²) in [6.07, 6.45) is 4.44. The van der Waals surface area contributed by atoms with Gasteiger partial charge in [0.05, 0.1) is 23.9 Å². The maximum Gasteiger partial charge on any atom is 0.340 e. The Morgan fingerprint density at radius 3 is 2.65 bits per heavy atom. The first-order valence-corrected chi connectivity index (χ1v) is 11.1. The fraction of sp³-hybridized carbons (Fsp3) is 0.261. The number of fused-ring (bicyclic) bond motifs is 1. The summed E-state index contributed by atoms with van der Waals surface area (Å²) in [5, 5.41) is 10.6. The number of thioether (sulfide) groups is 1. The number of rotatable bonds is 7. The molecule has 31 heavy (non-hydrogen) atoms. The van der Waals surface area contributed by atoms with Gasteiger partial charge < -0.3 is 9.30 Å². The third-order valence-electron chi connectivity index (χ3n) is 5.06. The molecule has 0 amide bonds. The van der Waals surface area contributed by atoms with Crippen LogP contribution in [0.2, 0.25) is 0 Å². The van der Waals surface area contributed by atoms with E-state index in [4.69, 9.17) is 9.72 Å². The Hall–Kier alpha value is -3.26. The van der Waals surface area contributed by atoms with Crippen molar-refractivity contribution in [3.05, 3.63) is 65.6 Å². The first-order chi connectivity index (χ1) is 15.1. The van der Waals surface area contributed by atoms with Crippen LogP contribution in [0.3, 0.4) is 0 Å². The SMILES string of the molecule is CCCn1c(SCc2nc3ccccc3c(C)c2C(=O)OC)nnc1-c1ccncc1. The number of carbonyl (C=O) groups is 1. The van der Waals surface area contributed by atoms with Gasteiger partial charge in [0.1, 0.15) is 0 Å². The number of pyridine rings is 2. The van der Waals surface area contributed by atoms with E-state index in [2.05, 4.69) is 26.7 Å². The lowest BCUT2D eigenvalue weighted by Crippen LogP contribution is -2.11. The summed E-state index contributed by atoms with van der Waals surface area (Å²) < 4.78 is 7.16. The topological polar surface area (TPSA) is 82.8 Å². The molecule has 3 heterocycles. The predicted molar refractivity (Wildman–Crippen MR) is 121 cm³/mol. The molecule has 7 nitrogen and oxygen atoms in total. The molecule has 0 unspecified atom stereocenters. The van der Waals surface area contributed by atoms with Gasteiger partial charge in [-0.05, 0) is 37.1 Å². The number of nitrogens with zero attached hydrogens (tertiary/aromatic N) is 5. The fourth-order valence-corrected chi connectivity index (χ4v) is 4.49. The van der Waals surface area contributed by atoms with Crippen molar-refractivity contribution in [1.82, 2.24) is 24.7 Å². The second kappa shape index (κ2) is 9.26. The molecule has 0 aliphatic rings. The van der Waals surface area contributed by atoms with Gasteiger partial charge in [-0.3, -0.25) is 9.97 Å². The van der Waals surface area contributed by atoms with Crippen LogP contribution in [0.15, 0.2) is 53.9 Å². The zero-order valence-electron chi connectivity index (χ0n) is 17.7. The lowest BCUT2D eigenvalue weighted by molar-refractivity contribution is 0.0598. The normalized spacial score (nSPS) is 11.1. The molecule has 0 radical (unpaired) electrons. The minimum Gasteiger partial charge on any atom is -0.465 e. The average molecular weight is 434 g/mol. The number of ether oxygens (including phenoxy) is 1. The van der Waals surface area contributed by atoms with Crippen molar-refractivity contribution in [3.63, 3.8) is 0 Å². The van der Waals surface area contributed by atoms with Crippen LogP contribution in [0.5, 0.6) is 0 Å². The molecule has 0 aliphatic heterocycles. The molecule has 0 bridgehead atoms. The number of hydrogen-bond donors (Lipinski definition) is 0. The molecule has 0 aliphatic carbocycles. The molecule has 4 aromatic rings. The second-order valence-corrected chi connectivity index (χ2v) is 7.99. The van der Waals surface area contributed by atoms with Crippen LogP contribution >= 0.6 is 11.8 Å². The van der Waals surface area contributed by atoms with Crippen LogP contribution in [0.4, 0.5) is 0 Å². The Bertz CT molecular complexity index is 1220. The maximum atomic E-state index is 12.6. The number of carbonyl (C=O) groups excluding carboxylic acids is 1. The number of aromatic nitrogens is 5. The fourth-order valence-electron chi connectivity index (χ4n) is 3.59. The highest BCUT2D eigenvalue weighted by molar-refractivity contribution is 7.98. The Morgan fingerprint density at radius 1 is 1.13 bits per heavy atom. The summed E-state index contributed by atoms with van der Waals surface area (Å²) in [5.74, 6) is 0.912. The third-order valence-corrected chi connectivity index (χ3v) is 6.04. The van der Waals surface area contributed by atoms with Crippen LogP contribution < -0.4 is 0 Å². The highest BCUT2D eigenvalue weighted by atomic mass is 32.2. The van der Waals surface area contributed by atoms with Gasteiger partial charge in [-0.2, -0.15) is 0 Å². The Kier molecular flexibility index (Phi) is 6.27. The van der Waals surface area contributed by atoms with Gasteiger partial charge in [0.25, 0.3) is 0 Å². The van der Waals surface area contributed by atoms with Crippen molar-refractivity contribution in [1.29, 1.82) is 0 Å². The van der Waals surface area contributed by atoms with Gasteiger partial charge in [-0.25, -0.2) is 4.79 Å². The molecule has 4 rings (SSSR count). The maximum absolute atomic E-state index is 12.6. The monoisotopic (exact) mass is 433 g/mol. The Morgan fingerprint density at radius 2 is 1.90 bits per heavy atom. The van der Waals surface area contributed by atoms with Crippen LogP contribution in [0.1, 0.15) is 35.0 Å². The number of para-hydroxylation sites is 1. The zero-order valence-corrected chi connectivity index (χ0v) is 18.5. The van der Waals surface area contributed by atoms with E-state index >= 15 is 0 Å². The number of esters is 1. The van der Waals surface area contributed by atoms with Crippen molar-refractivity contribution in [2.45, 2.75) is 37.7 Å². The van der Waals surface area contributed by atoms with E-state index in [1.807, 2.05) is 43.3 Å². The van der Waals surface area contributed by atoms with Gasteiger partial charge in [-0.15, -0.1) is 10.2 Å². The molecule has 0 saturated heterocycles. The molecule has 0 atom stereocenters. The molecule has 0 fully saturated rings. The van der Waals surface area contributed by atoms with Crippen LogP contribution in [-0.2, 0) is 17.0 Å². The second-order valence-electron chi connectivity index (χ2n) is 7.05. The van der Waals surface area contributed by atoms with Gasteiger partial charge in [0, 0.05) is 35.6 Å². The lowest BCUT2D eigenvalue weighted by Gasteiger charge is -2.13. The van der Waals surface area contributed by atoms with E-state index < -0.39 is 0 Å². The van der Waals surface area contributed by atoms with E-state index in [1.54, 1.807) is 12.4 Å². The molecule has 3 aromatic heterocycles. The van der Waals surface area contributed by atoms with Gasteiger partial charge in [-0.1, -0.05) is 36.9 Å². The van der Waals surface area contributed by atoms with Crippen LogP contribution in [0, 0.1) is 6.92 Å². The first-order valence-electron chi connectivity index (χ1n) is 10.1. The van der Waals surface area contributed by atoms with Crippen molar-refractivity contribution in [3.8, 4) is 11.4 Å². The molecular weight excluding hydrogens is 410 g/mol. The highest BCUT2D eigenvalue weighted by Crippen LogP contribution is 2.30. The van der Waals surface area contributed by atoms with Gasteiger partial charge >= 0.3 is 5.97 Å². The lowest BCUT2D eigenvalue weighted by atomic mass is 10.0. The van der Waals surface area contributed by atoms with Crippen molar-refractivity contribution in [2.24, 2.45) is 0 Å². The Balaban J connectivity index is 1.71. The molecule has 8 heteroatoms. The van der Waals surface area contributed by atoms with E-state index in [0.29, 0.717) is 17.0 Å². The summed E-state index contributed by atoms with van der Waals surface area (Å²) in [5.41, 5.74) is 3.91. The van der Waals surface area contributed by atoms with Crippen LogP contribution in [-0.4, -0.2) is 37.8 Å². The van der Waals surface area contributed by atoms with Gasteiger partial charge in [0.2, 0.25) is 0 Å². The summed E-state index contributed by atoms with van der Waals surface area (Å²) >= 11 is 1.52. The Labute approximate surface area is 184 Å². The molecular formula is C23H23N5O2S. The third kappa shape index (κ3) is 4.16. The van der Waals surface area contributed by atoms with Crippen LogP contribution in [0.25, 0.3) is 22.3 Å². The predicted octanol–water partition coefficient (Wildman–Crippen LogP) is 4.69. The van der Waals surface area contributed by atoms with E-state index in [1.165, 1.54) is 18.9 Å². The van der Waals surface area contributed by atoms with E-state index in [-0.39, 0.29) is 5.97 Å². The molecule has 1 aromatic carbocycles. The molecule has 0 spiro atoms. The molecule has 0 saturated carbocycles. The highest BCUT2D eigenvalue weighted by Gasteiger charge is 2.21. The minimum atomic E-state index is -0.376. The summed E-state index contributed by atoms with van der Waals surface area (Å²) in [7, 11) is 1.40. The largest absolute Gasteiger partial charge is 0.465 e. The number of aryl methyl sites for hydroxylation is 1. The number of benzene rings is 1. The van der Waals surface area contributed by atoms with Crippen molar-refractivity contribution >= 4 is 28.6 Å². The number of methoxy groups -OCH3 is 1. The van der Waals surface area contributed by atoms with Crippen molar-refractivity contribution in [2.75, 3.05) is 7.11 Å². The van der Waals surface area contributed by atoms with Crippen molar-refractivity contribution < 1.29 is 9.53 Å². The quantitative estimate of drug-likeness (QED) is 0.309. The van der Waals surface area contributed by atoms with Gasteiger partial charge in [0.15, 0.2) is 11.0 Å². The zero-order chi connectivity index (χ0) is 21.8. The summed E-state index contributed by atoms with van der Waals surface area (Å²) in [4.78, 5) is 21.4. The smallest absolute Gasteiger partial charge is 0.340 e. The first kappa shape index (κ1) is 21.0. The average Bonchev–Trinajstić information content (AvgIpc) is 3.20.